The summed E-state index contributed by atoms with van der Waals surface area (Å²) in [7, 11) is 0. The summed E-state index contributed by atoms with van der Waals surface area (Å²) in [6, 6.07) is 23.1. The van der Waals surface area contributed by atoms with Gasteiger partial charge in [0.2, 0.25) is 0 Å². The second kappa shape index (κ2) is 4.42. The zero-order chi connectivity index (χ0) is 13.4. The first-order valence-corrected chi connectivity index (χ1v) is 6.72. The van der Waals surface area contributed by atoms with Crippen molar-refractivity contribution in [2.45, 2.75) is 0 Å². The van der Waals surface area contributed by atoms with Crippen LogP contribution in [0.2, 0.25) is 0 Å². The highest BCUT2D eigenvalue weighted by molar-refractivity contribution is 5.80. The third-order valence-corrected chi connectivity index (χ3v) is 3.61. The standard InChI is InChI=1S/C18H14N2/c1-3-7-15(8-4-1)17-11-12-19-13-14-20(18(17)19)16-9-5-2-6-10-16/h1-14H. The Labute approximate surface area is 117 Å². The molecule has 2 nitrogen and oxygen atoms in total. The number of fused-ring (bicyclic) bond motifs is 1. The average Bonchev–Trinajstić information content (AvgIpc) is 3.10. The Morgan fingerprint density at radius 1 is 0.600 bits per heavy atom. The molecule has 0 spiro atoms. The Morgan fingerprint density at radius 2 is 1.30 bits per heavy atom. The van der Waals surface area contributed by atoms with Crippen molar-refractivity contribution >= 4 is 5.65 Å². The van der Waals surface area contributed by atoms with Crippen LogP contribution in [0, 0.1) is 0 Å². The summed E-state index contributed by atoms with van der Waals surface area (Å²) in [5, 5.41) is 0. The van der Waals surface area contributed by atoms with E-state index >= 15 is 0 Å². The number of nitrogens with zero attached hydrogens (tertiary/aromatic N) is 2. The highest BCUT2D eigenvalue weighted by Crippen LogP contribution is 2.27. The van der Waals surface area contributed by atoms with Gasteiger partial charge in [-0.25, -0.2) is 0 Å². The van der Waals surface area contributed by atoms with Crippen molar-refractivity contribution < 1.29 is 0 Å². The van der Waals surface area contributed by atoms with Gasteiger partial charge in [-0.05, 0) is 23.8 Å². The van der Waals surface area contributed by atoms with Crippen LogP contribution in [0.15, 0.2) is 85.3 Å². The normalized spacial score (nSPS) is 11.0. The second-order valence-electron chi connectivity index (χ2n) is 4.83. The van der Waals surface area contributed by atoms with Crippen LogP contribution in [0.3, 0.4) is 0 Å². The van der Waals surface area contributed by atoms with Gasteiger partial charge in [0.25, 0.3) is 0 Å². The topological polar surface area (TPSA) is 9.34 Å². The monoisotopic (exact) mass is 258 g/mol. The minimum absolute atomic E-state index is 1.18. The van der Waals surface area contributed by atoms with Crippen molar-refractivity contribution in [1.82, 2.24) is 8.97 Å². The number of hydrogen-bond donors (Lipinski definition) is 0. The molecule has 0 aliphatic heterocycles. The second-order valence-corrected chi connectivity index (χ2v) is 4.83. The molecule has 0 N–H and O–H groups in total. The van der Waals surface area contributed by atoms with E-state index in [0.29, 0.717) is 0 Å². The van der Waals surface area contributed by atoms with Crippen molar-refractivity contribution in [3.05, 3.63) is 85.3 Å². The molecular weight excluding hydrogens is 244 g/mol. The van der Waals surface area contributed by atoms with Crippen LogP contribution in [0.4, 0.5) is 0 Å². The van der Waals surface area contributed by atoms with Crippen LogP contribution in [0.5, 0.6) is 0 Å². The van der Waals surface area contributed by atoms with E-state index in [1.54, 1.807) is 0 Å². The summed E-state index contributed by atoms with van der Waals surface area (Å²) in [5.74, 6) is 0. The third kappa shape index (κ3) is 1.66. The van der Waals surface area contributed by atoms with Gasteiger partial charge in [-0.1, -0.05) is 48.5 Å². The lowest BCUT2D eigenvalue weighted by Gasteiger charge is -2.06. The van der Waals surface area contributed by atoms with E-state index in [1.807, 2.05) is 12.1 Å². The van der Waals surface area contributed by atoms with E-state index in [4.69, 9.17) is 0 Å². The maximum absolute atomic E-state index is 2.22. The predicted octanol–water partition coefficient (Wildman–Crippen LogP) is 4.40. The Hall–Kier alpha value is -2.74. The van der Waals surface area contributed by atoms with Crippen molar-refractivity contribution in [3.63, 3.8) is 0 Å². The zero-order valence-corrected chi connectivity index (χ0v) is 11.0. The van der Waals surface area contributed by atoms with Gasteiger partial charge in [0.05, 0.1) is 0 Å². The molecule has 2 heterocycles. The largest absolute Gasteiger partial charge is 0.308 e. The first kappa shape index (κ1) is 11.1. The van der Waals surface area contributed by atoms with Gasteiger partial charge in [0, 0.05) is 29.8 Å². The van der Waals surface area contributed by atoms with Gasteiger partial charge in [0.15, 0.2) is 0 Å². The van der Waals surface area contributed by atoms with E-state index in [0.717, 1.165) is 0 Å². The number of rotatable bonds is 2. The fraction of sp³-hybridized carbons (Fsp3) is 0. The molecule has 4 rings (SSSR count). The molecule has 4 aromatic rings. The zero-order valence-electron chi connectivity index (χ0n) is 11.0. The number of para-hydroxylation sites is 1. The van der Waals surface area contributed by atoms with Crippen LogP contribution in [-0.2, 0) is 0 Å². The van der Waals surface area contributed by atoms with Gasteiger partial charge >= 0.3 is 0 Å². The van der Waals surface area contributed by atoms with Gasteiger partial charge in [-0.15, -0.1) is 0 Å². The summed E-state index contributed by atoms with van der Waals surface area (Å²) < 4.78 is 4.39. The molecular formula is C18H14N2. The Kier molecular flexibility index (Phi) is 2.46. The highest BCUT2D eigenvalue weighted by Gasteiger charge is 2.10. The minimum atomic E-state index is 1.18. The first-order chi connectivity index (χ1) is 9.93. The summed E-state index contributed by atoms with van der Waals surface area (Å²) in [6.07, 6.45) is 6.31. The lowest BCUT2D eigenvalue weighted by Crippen LogP contribution is -1.93. The van der Waals surface area contributed by atoms with E-state index in [9.17, 15) is 0 Å². The van der Waals surface area contributed by atoms with Crippen molar-refractivity contribution in [2.75, 3.05) is 0 Å². The van der Waals surface area contributed by atoms with Crippen LogP contribution in [0.25, 0.3) is 22.5 Å². The Balaban J connectivity index is 1.99. The summed E-state index contributed by atoms with van der Waals surface area (Å²) in [6.45, 7) is 0. The highest BCUT2D eigenvalue weighted by atomic mass is 15.1. The number of aromatic nitrogens is 2. The third-order valence-electron chi connectivity index (χ3n) is 3.61. The SMILES string of the molecule is c1ccc(-c2ccn3ccn(-c4ccccc4)c23)cc1. The van der Waals surface area contributed by atoms with Gasteiger partial charge in [-0.3, -0.25) is 0 Å². The first-order valence-electron chi connectivity index (χ1n) is 6.72. The fourth-order valence-corrected chi connectivity index (χ4v) is 2.66. The molecule has 0 saturated heterocycles. The van der Waals surface area contributed by atoms with Gasteiger partial charge in [0.1, 0.15) is 5.65 Å². The molecule has 0 aliphatic carbocycles. The van der Waals surface area contributed by atoms with Crippen LogP contribution >= 0.6 is 0 Å². The summed E-state index contributed by atoms with van der Waals surface area (Å²) in [5.41, 5.74) is 4.87. The smallest absolute Gasteiger partial charge is 0.129 e. The molecule has 0 amide bonds. The maximum Gasteiger partial charge on any atom is 0.129 e. The molecule has 0 radical (unpaired) electrons. The summed E-state index contributed by atoms with van der Waals surface area (Å²) >= 11 is 0. The Bertz CT molecular complexity index is 770. The van der Waals surface area contributed by atoms with Crippen LogP contribution in [0.1, 0.15) is 0 Å². The fourth-order valence-electron chi connectivity index (χ4n) is 2.66. The van der Waals surface area contributed by atoms with E-state index < -0.39 is 0 Å². The lowest BCUT2D eigenvalue weighted by atomic mass is 10.1. The molecule has 0 atom stereocenters. The molecule has 96 valence electrons. The van der Waals surface area contributed by atoms with Crippen molar-refractivity contribution in [2.24, 2.45) is 0 Å². The number of benzene rings is 2. The molecule has 2 aromatic carbocycles. The molecule has 0 aliphatic rings. The van der Waals surface area contributed by atoms with Crippen molar-refractivity contribution in [1.29, 1.82) is 0 Å². The lowest BCUT2D eigenvalue weighted by molar-refractivity contribution is 1.11. The molecule has 0 bridgehead atoms. The average molecular weight is 258 g/mol. The molecule has 2 aromatic heterocycles. The number of hydrogen-bond acceptors (Lipinski definition) is 0. The van der Waals surface area contributed by atoms with E-state index in [2.05, 4.69) is 82.2 Å². The van der Waals surface area contributed by atoms with E-state index in [-0.39, 0.29) is 0 Å². The van der Waals surface area contributed by atoms with Crippen molar-refractivity contribution in [3.8, 4) is 16.8 Å². The van der Waals surface area contributed by atoms with E-state index in [1.165, 1.54) is 22.5 Å². The predicted molar refractivity (Wildman–Crippen MR) is 82.2 cm³/mol. The Morgan fingerprint density at radius 3 is 2.05 bits per heavy atom. The van der Waals surface area contributed by atoms with Gasteiger partial charge in [-0.2, -0.15) is 0 Å². The molecule has 20 heavy (non-hydrogen) atoms. The molecule has 2 heteroatoms. The molecule has 0 fully saturated rings. The molecule has 0 saturated carbocycles. The summed E-state index contributed by atoms with van der Waals surface area (Å²) in [4.78, 5) is 0. The van der Waals surface area contributed by atoms with Crippen LogP contribution < -0.4 is 0 Å². The number of imidazole rings is 1. The molecule has 0 unspecified atom stereocenters. The van der Waals surface area contributed by atoms with Gasteiger partial charge < -0.3 is 8.97 Å². The minimum Gasteiger partial charge on any atom is -0.308 e. The maximum atomic E-state index is 2.22. The van der Waals surface area contributed by atoms with Crippen LogP contribution in [-0.4, -0.2) is 8.97 Å². The quantitative estimate of drug-likeness (QED) is 0.504.